The number of nitrogens with one attached hydrogen (secondary N) is 3. The number of carbonyl (C=O) groups is 1. The number of benzene rings is 2. The Morgan fingerprint density at radius 1 is 0.472 bits per heavy atom. The number of aryl methyl sites for hydroxylation is 8. The molecule has 0 radical (unpaired) electrons. The van der Waals surface area contributed by atoms with Gasteiger partial charge in [-0.15, -0.1) is 44.1 Å². The van der Waals surface area contributed by atoms with Crippen LogP contribution in [-0.2, 0) is 82.1 Å². The van der Waals surface area contributed by atoms with Crippen LogP contribution in [0.3, 0.4) is 0 Å². The van der Waals surface area contributed by atoms with Gasteiger partial charge in [0.05, 0.1) is 50.6 Å². The van der Waals surface area contributed by atoms with Gasteiger partial charge in [-0.25, -0.2) is 15.0 Å². The first-order valence-electron chi connectivity index (χ1n) is 40.7. The zero-order valence-corrected chi connectivity index (χ0v) is 82.5. The number of aromatic amines is 3. The summed E-state index contributed by atoms with van der Waals surface area (Å²) in [5, 5.41) is 9.45. The Balaban J connectivity index is 0.000000302. The van der Waals surface area contributed by atoms with Crippen LogP contribution in [0, 0.1) is 60.8 Å². The molecule has 3 aliphatic carbocycles. The fourth-order valence-electron chi connectivity index (χ4n) is 19.5. The van der Waals surface area contributed by atoms with Crippen LogP contribution in [0.5, 0.6) is 0 Å². The monoisotopic (exact) mass is 1870 g/mol. The van der Waals surface area contributed by atoms with Crippen molar-refractivity contribution in [3.63, 3.8) is 0 Å². The van der Waals surface area contributed by atoms with Crippen molar-refractivity contribution in [2.45, 2.75) is 228 Å². The van der Waals surface area contributed by atoms with Crippen molar-refractivity contribution in [2.75, 3.05) is 0 Å². The van der Waals surface area contributed by atoms with Crippen molar-refractivity contribution < 1.29 is 107 Å². The molecular weight excluding hydrogens is 1770 g/mol. The van der Waals surface area contributed by atoms with Gasteiger partial charge in [0.2, 0.25) is 0 Å². The first-order chi connectivity index (χ1) is 54.1. The number of Topliss-reactive ketones (excluding diaryl/α,β-unsaturated/α-hetero) is 1. The largest absolute Gasteiger partial charge is 2.00 e. The number of hydrogen-bond donors (Lipinski definition) is 4. The van der Waals surface area contributed by atoms with Gasteiger partial charge in [-0.3, -0.25) is 14.8 Å². The second-order valence-corrected chi connectivity index (χ2v) is 34.2. The Kier molecular flexibility index (Phi) is 37.5. The zero-order valence-electron chi connectivity index (χ0n) is 72.1. The van der Waals surface area contributed by atoms with Gasteiger partial charge in [-0.2, -0.15) is 0 Å². The fraction of sp³-hybridized carbons (Fsp3) is 0.367. The molecule has 9 aromatic heterocycles. The molecule has 25 heteroatoms. The number of carbonyl (C=O) groups excluding carboxylic acids is 1. The first-order valence-corrected chi connectivity index (χ1v) is 41.5. The molecule has 0 amide bonds. The number of aromatic nitrogens is 11. The Morgan fingerprint density at radius 2 is 0.911 bits per heavy atom. The number of aliphatic hydroxyl groups is 1. The van der Waals surface area contributed by atoms with Crippen molar-refractivity contribution in [2.24, 2.45) is 10.4 Å². The summed E-state index contributed by atoms with van der Waals surface area (Å²) in [7, 11) is 0. The molecule has 3 fully saturated rings. The summed E-state index contributed by atoms with van der Waals surface area (Å²) in [5.41, 5.74) is 34.4. The molecule has 3 spiro atoms. The van der Waals surface area contributed by atoms with E-state index in [0.717, 1.165) is 173 Å². The molecule has 19 rings (SSSR count). The normalized spacial score (nSPS) is 16.1. The van der Waals surface area contributed by atoms with E-state index in [0.29, 0.717) is 17.2 Å². The number of aliphatic imine (C=N–C) groups is 1. The molecule has 21 nitrogen and oxygen atoms in total. The predicted molar refractivity (Wildman–Crippen MR) is 481 cm³/mol. The molecule has 2 aromatic carbocycles. The number of H-pyrrole nitrogens is 3. The van der Waals surface area contributed by atoms with Gasteiger partial charge in [0.25, 0.3) is 0 Å². The van der Waals surface area contributed by atoms with Crippen molar-refractivity contribution >= 4 is 95.9 Å². The molecule has 16 bridgehead atoms. The standard InChI is InChI=1S/C35H33N4O.C35H34N4.C15H22N2.C12H15BrN2O.CH4.7H2O.3Zn/c1-20-16-21(2)32(22(3)17-20)33-28-11-9-24(37-28)18-30-34(40)35(14-6-5-7-15-35)31(39-30)19-25-8-10-26(36-25)23(4)27-12-13-29(33)38-27;1-21-16-22(2)33(23(3)17-21)34-30-11-9-25(37-30)18-27-20-35(14-6-5-7-15-35)32(38-27)19-26-8-10-28(36-26)24(4)29-12-13-31(34)39-29;1-12-11-15(7-3-2-4-8-15)14(17-12)10-13-6-5-9-16-13;1-7(10-5-6-12(13)15-10)9-3-4-11(14-9)8(2)16;;;;;;;;;;;/h8-13,16-19H,5-7,14-15H2,1-4H3,(H-,36,37,38,39,40);8-13,16-19H,5-7,14-15,20H2,1-4H3;5-6,9,14,16H,2-4,7-8,10-11H2,1H3;3-8,14-16H,1-2H3;1H4;7*1H2;;;/q-1;-2;;;;;;;;;;;;2*+2/p-8. The van der Waals surface area contributed by atoms with Gasteiger partial charge in [0, 0.05) is 89.7 Å². The summed E-state index contributed by atoms with van der Waals surface area (Å²) >= 11 is 3.40. The third-order valence-corrected chi connectivity index (χ3v) is 25.6. The van der Waals surface area contributed by atoms with Gasteiger partial charge in [-0.05, 0) is 258 Å². The average molecular weight is 1880 g/mol. The van der Waals surface area contributed by atoms with Crippen LogP contribution in [0.25, 0.3) is 90.7 Å². The van der Waals surface area contributed by atoms with E-state index in [1.54, 1.807) is 6.92 Å². The summed E-state index contributed by atoms with van der Waals surface area (Å²) in [6.45, 7) is 23.3. The van der Waals surface area contributed by atoms with Crippen molar-refractivity contribution in [1.29, 1.82) is 0 Å². The van der Waals surface area contributed by atoms with Gasteiger partial charge in [-0.1, -0.05) is 174 Å². The van der Waals surface area contributed by atoms with Crippen molar-refractivity contribution in [1.82, 2.24) is 54.8 Å². The van der Waals surface area contributed by atoms with Crippen molar-refractivity contribution in [3.05, 3.63) is 257 Å². The third-order valence-electron chi connectivity index (χ3n) is 25.2. The predicted octanol–water partition coefficient (Wildman–Crippen LogP) is 22.3. The van der Waals surface area contributed by atoms with Gasteiger partial charge < -0.3 is 78.3 Å². The van der Waals surface area contributed by atoms with E-state index in [4.69, 9.17) is 44.9 Å². The Labute approximate surface area is 769 Å². The van der Waals surface area contributed by atoms with E-state index >= 15 is 0 Å². The minimum Gasteiger partial charge on any atom is -0.870 e. The van der Waals surface area contributed by atoms with E-state index in [2.05, 4.69) is 203 Å². The summed E-state index contributed by atoms with van der Waals surface area (Å²) in [4.78, 5) is 69.3. The number of fused-ring (bicyclic) bond motifs is 18. The SMILES string of the molecule is C.CC(O)c1ccc(C(C)c2ccc(Br)[nH]2)[nH]1.CC1=NC(Cc2ccc[nH]2)C2(CCCCC2)C1.Cc1cc(C)c(-c2c3nc(c(C)c4ccc(cc5nc(cc6ccc2[n-]6)C(=O)C52CCCCC2)[n-]4)C=C3)c(C)c1.Cc1cc(C)c(-c2c3nc(c(C)c4ccc(cc5nc(cc6ccc2[n-]6)CC52CCCCC2)[n-]4)C=C3)c(C)c1.[OH-].[OH-].[OH-].[OH-].[OH-].[OH-].[OH-].[Zn+2].[Zn+2].[Zn]. The number of hydrogen-bond acceptors (Lipinski definition) is 14. The van der Waals surface area contributed by atoms with E-state index in [1.807, 2.05) is 60.8 Å². The smallest absolute Gasteiger partial charge is 0.870 e. The minimum atomic E-state index is -0.555. The molecule has 11 N–H and O–H groups in total. The number of ketones is 1. The molecule has 14 heterocycles. The molecule has 123 heavy (non-hydrogen) atoms. The molecule has 3 unspecified atom stereocenters. The molecule has 640 valence electrons. The zero-order chi connectivity index (χ0) is 77.7. The number of rotatable bonds is 7. The second kappa shape index (κ2) is 44.0. The van der Waals surface area contributed by atoms with Crippen LogP contribution in [0.1, 0.15) is 261 Å². The summed E-state index contributed by atoms with van der Waals surface area (Å²) in [6.07, 6.45) is 31.5. The quantitative estimate of drug-likeness (QED) is 0.108. The van der Waals surface area contributed by atoms with E-state index < -0.39 is 11.5 Å². The second-order valence-electron chi connectivity index (χ2n) is 33.3. The Morgan fingerprint density at radius 3 is 1.39 bits per heavy atom. The maximum absolute atomic E-state index is 14.0. The van der Waals surface area contributed by atoms with Crippen LogP contribution in [0.15, 0.2) is 149 Å². The number of halogens is 1. The minimum absolute atomic E-state index is 0. The average Bonchev–Trinajstić information content (AvgIpc) is 1.60. The molecule has 8 aliphatic rings. The summed E-state index contributed by atoms with van der Waals surface area (Å²) < 4.78 is 0.983. The van der Waals surface area contributed by atoms with Crippen LogP contribution in [0.2, 0.25) is 0 Å². The maximum atomic E-state index is 14.0. The first kappa shape index (κ1) is 105. The van der Waals surface area contributed by atoms with Crippen LogP contribution in [0.4, 0.5) is 0 Å². The van der Waals surface area contributed by atoms with E-state index in [1.165, 1.54) is 127 Å². The van der Waals surface area contributed by atoms with Crippen LogP contribution in [-0.4, -0.2) is 95.9 Å². The Bertz CT molecular complexity index is 5860. The summed E-state index contributed by atoms with van der Waals surface area (Å²) in [5.74, 6) is 0.386. The fourth-order valence-corrected chi connectivity index (χ4v) is 19.9. The third kappa shape index (κ3) is 21.7. The topological polar surface area (TPSA) is 415 Å². The number of nitrogens with zero attached hydrogens (tertiary/aromatic N) is 9. The molecule has 11 aromatic rings. The van der Waals surface area contributed by atoms with Gasteiger partial charge in [0.1, 0.15) is 5.69 Å². The van der Waals surface area contributed by atoms with Crippen LogP contribution >= 0.6 is 15.9 Å². The maximum Gasteiger partial charge on any atom is 2.00 e. The Hall–Kier alpha value is -8.63. The van der Waals surface area contributed by atoms with Crippen LogP contribution < -0.4 is 19.9 Å². The van der Waals surface area contributed by atoms with Crippen molar-refractivity contribution in [3.8, 4) is 22.3 Å². The van der Waals surface area contributed by atoms with E-state index in [9.17, 15) is 9.90 Å². The van der Waals surface area contributed by atoms with E-state index in [-0.39, 0.29) is 121 Å². The molecule has 0 saturated heterocycles. The van der Waals surface area contributed by atoms with Gasteiger partial charge >= 0.3 is 39.0 Å². The molecule has 3 saturated carbocycles. The molecular formula is C98H114BrN12O9Zn3-7. The number of aliphatic hydroxyl groups excluding tert-OH is 1. The molecule has 5 aliphatic heterocycles. The summed E-state index contributed by atoms with van der Waals surface area (Å²) in [6, 6.07) is 46.7. The van der Waals surface area contributed by atoms with Gasteiger partial charge in [0.15, 0.2) is 5.78 Å². The molecule has 3 atom stereocenters.